The van der Waals surface area contributed by atoms with Crippen molar-refractivity contribution in [2.75, 3.05) is 14.1 Å². The fraction of sp³-hybridized carbons (Fsp3) is 0.700. The molecule has 5 nitrogen and oxygen atoms in total. The Kier molecular flexibility index (Phi) is 3.24. The number of ketones is 1. The second-order valence-electron chi connectivity index (χ2n) is 4.09. The fourth-order valence-electron chi connectivity index (χ4n) is 1.45. The standard InChI is InChI=1S/C10H18N4O/c1-6-10(2,13(3)4)9(15)8-7-11-12-14(8)5/h7H,6H2,1-5H3. The lowest BCUT2D eigenvalue weighted by atomic mass is 9.90. The summed E-state index contributed by atoms with van der Waals surface area (Å²) in [5.74, 6) is 0.0579. The largest absolute Gasteiger partial charge is 0.297 e. The van der Waals surface area contributed by atoms with Gasteiger partial charge >= 0.3 is 0 Å². The molecule has 0 fully saturated rings. The highest BCUT2D eigenvalue weighted by molar-refractivity contribution is 6.01. The highest BCUT2D eigenvalue weighted by atomic mass is 16.1. The van der Waals surface area contributed by atoms with Crippen molar-refractivity contribution in [2.45, 2.75) is 25.8 Å². The summed E-state index contributed by atoms with van der Waals surface area (Å²) in [6.45, 7) is 3.93. The molecule has 0 amide bonds. The Morgan fingerprint density at radius 1 is 1.60 bits per heavy atom. The average molecular weight is 210 g/mol. The Morgan fingerprint density at radius 3 is 2.53 bits per heavy atom. The first-order chi connectivity index (χ1) is 6.93. The van der Waals surface area contributed by atoms with Crippen molar-refractivity contribution in [1.82, 2.24) is 19.9 Å². The monoisotopic (exact) mass is 210 g/mol. The molecule has 1 rings (SSSR count). The molecule has 5 heteroatoms. The highest BCUT2D eigenvalue weighted by Crippen LogP contribution is 2.21. The number of carbonyl (C=O) groups excluding carboxylic acids is 1. The first-order valence-corrected chi connectivity index (χ1v) is 5.00. The minimum atomic E-state index is -0.491. The Balaban J connectivity index is 3.08. The van der Waals surface area contributed by atoms with E-state index in [4.69, 9.17) is 0 Å². The van der Waals surface area contributed by atoms with E-state index in [-0.39, 0.29) is 5.78 Å². The van der Waals surface area contributed by atoms with Gasteiger partial charge in [0.15, 0.2) is 0 Å². The molecule has 1 unspecified atom stereocenters. The van der Waals surface area contributed by atoms with Crippen molar-refractivity contribution in [1.29, 1.82) is 0 Å². The van der Waals surface area contributed by atoms with Crippen LogP contribution in [0.2, 0.25) is 0 Å². The van der Waals surface area contributed by atoms with E-state index in [1.54, 1.807) is 7.05 Å². The molecule has 0 spiro atoms. The Morgan fingerprint density at radius 2 is 2.20 bits per heavy atom. The summed E-state index contributed by atoms with van der Waals surface area (Å²) in [4.78, 5) is 14.2. The molecule has 84 valence electrons. The summed E-state index contributed by atoms with van der Waals surface area (Å²) in [6, 6.07) is 0. The van der Waals surface area contributed by atoms with Crippen LogP contribution in [-0.2, 0) is 7.05 Å². The number of aryl methyl sites for hydroxylation is 1. The summed E-state index contributed by atoms with van der Waals surface area (Å²) in [7, 11) is 5.54. The molecule has 0 bridgehead atoms. The zero-order chi connectivity index (χ0) is 11.6. The lowest BCUT2D eigenvalue weighted by molar-refractivity contribution is 0.0700. The van der Waals surface area contributed by atoms with E-state index in [9.17, 15) is 4.79 Å². The van der Waals surface area contributed by atoms with Gasteiger partial charge in [-0.15, -0.1) is 5.10 Å². The molecule has 1 aromatic heterocycles. The molecular weight excluding hydrogens is 192 g/mol. The van der Waals surface area contributed by atoms with E-state index in [1.807, 2.05) is 32.8 Å². The number of hydrogen-bond acceptors (Lipinski definition) is 4. The third-order valence-corrected chi connectivity index (χ3v) is 3.11. The second kappa shape index (κ2) is 4.10. The second-order valence-corrected chi connectivity index (χ2v) is 4.09. The maximum absolute atomic E-state index is 12.3. The van der Waals surface area contributed by atoms with Gasteiger partial charge in [-0.2, -0.15) is 0 Å². The molecule has 1 heterocycles. The summed E-state index contributed by atoms with van der Waals surface area (Å²) >= 11 is 0. The Hall–Kier alpha value is -1.23. The third kappa shape index (κ3) is 1.92. The number of rotatable bonds is 4. The molecule has 0 saturated heterocycles. The van der Waals surface area contributed by atoms with Crippen LogP contribution >= 0.6 is 0 Å². The topological polar surface area (TPSA) is 51.0 Å². The maximum atomic E-state index is 12.3. The van der Waals surface area contributed by atoms with Gasteiger partial charge in [-0.25, -0.2) is 4.68 Å². The SMILES string of the molecule is CCC(C)(C(=O)c1cnnn1C)N(C)C. The number of Topliss-reactive ketones (excluding diaryl/α,β-unsaturated/α-hetero) is 1. The van der Waals surface area contributed by atoms with Crippen molar-refractivity contribution in [3.63, 3.8) is 0 Å². The highest BCUT2D eigenvalue weighted by Gasteiger charge is 2.35. The zero-order valence-electron chi connectivity index (χ0n) is 9.98. The predicted octanol–water partition coefficient (Wildman–Crippen LogP) is 0.728. The molecule has 1 aromatic rings. The first kappa shape index (κ1) is 11.8. The van der Waals surface area contributed by atoms with Crippen molar-refractivity contribution in [2.24, 2.45) is 7.05 Å². The van der Waals surface area contributed by atoms with E-state index in [1.165, 1.54) is 10.9 Å². The van der Waals surface area contributed by atoms with Gasteiger partial charge in [0, 0.05) is 7.05 Å². The quantitative estimate of drug-likeness (QED) is 0.687. The molecule has 0 aliphatic carbocycles. The third-order valence-electron chi connectivity index (χ3n) is 3.11. The lowest BCUT2D eigenvalue weighted by Gasteiger charge is -2.33. The molecule has 0 aliphatic rings. The number of likely N-dealkylation sites (N-methyl/N-ethyl adjacent to an activating group) is 1. The van der Waals surface area contributed by atoms with E-state index in [0.717, 1.165) is 6.42 Å². The summed E-state index contributed by atoms with van der Waals surface area (Å²) in [6.07, 6.45) is 2.27. The van der Waals surface area contributed by atoms with Gasteiger partial charge < -0.3 is 0 Å². The zero-order valence-corrected chi connectivity index (χ0v) is 9.98. The van der Waals surface area contributed by atoms with Crippen LogP contribution in [0, 0.1) is 0 Å². The van der Waals surface area contributed by atoms with Gasteiger partial charge in [-0.05, 0) is 27.4 Å². The molecule has 0 radical (unpaired) electrons. The van der Waals surface area contributed by atoms with E-state index < -0.39 is 5.54 Å². The first-order valence-electron chi connectivity index (χ1n) is 5.00. The Labute approximate surface area is 90.1 Å². The van der Waals surface area contributed by atoms with Crippen LogP contribution in [-0.4, -0.2) is 45.3 Å². The van der Waals surface area contributed by atoms with Gasteiger partial charge in [0.05, 0.1) is 11.7 Å². The summed E-state index contributed by atoms with van der Waals surface area (Å²) in [5.41, 5.74) is 0.0585. The average Bonchev–Trinajstić information content (AvgIpc) is 2.61. The predicted molar refractivity (Wildman–Crippen MR) is 57.7 cm³/mol. The molecular formula is C10H18N4O. The summed E-state index contributed by atoms with van der Waals surface area (Å²) < 4.78 is 1.51. The Bertz CT molecular complexity index is 358. The molecule has 0 aliphatic heterocycles. The van der Waals surface area contributed by atoms with Gasteiger partial charge in [-0.3, -0.25) is 9.69 Å². The van der Waals surface area contributed by atoms with Crippen LogP contribution < -0.4 is 0 Å². The van der Waals surface area contributed by atoms with Gasteiger partial charge in [0.1, 0.15) is 5.69 Å². The van der Waals surface area contributed by atoms with Crippen LogP contribution in [0.25, 0.3) is 0 Å². The number of hydrogen-bond donors (Lipinski definition) is 0. The minimum absolute atomic E-state index is 0.0579. The van der Waals surface area contributed by atoms with Gasteiger partial charge in [0.25, 0.3) is 0 Å². The number of aromatic nitrogens is 3. The van der Waals surface area contributed by atoms with Crippen molar-refractivity contribution < 1.29 is 4.79 Å². The van der Waals surface area contributed by atoms with Gasteiger partial charge in [0.2, 0.25) is 5.78 Å². The number of nitrogens with zero attached hydrogens (tertiary/aromatic N) is 4. The van der Waals surface area contributed by atoms with Crippen LogP contribution in [0.1, 0.15) is 30.8 Å². The fourth-order valence-corrected chi connectivity index (χ4v) is 1.45. The van der Waals surface area contributed by atoms with Crippen molar-refractivity contribution in [3.8, 4) is 0 Å². The van der Waals surface area contributed by atoms with Crippen LogP contribution in [0.15, 0.2) is 6.20 Å². The summed E-state index contributed by atoms with van der Waals surface area (Å²) in [5, 5.41) is 7.50. The van der Waals surface area contributed by atoms with Crippen molar-refractivity contribution in [3.05, 3.63) is 11.9 Å². The van der Waals surface area contributed by atoms with Crippen molar-refractivity contribution >= 4 is 5.78 Å². The maximum Gasteiger partial charge on any atom is 0.202 e. The smallest absolute Gasteiger partial charge is 0.202 e. The molecule has 1 atom stereocenters. The van der Waals surface area contributed by atoms with Crippen LogP contribution in [0.4, 0.5) is 0 Å². The normalized spacial score (nSPS) is 15.3. The molecule has 15 heavy (non-hydrogen) atoms. The van der Waals surface area contributed by atoms with Crippen LogP contribution in [0.3, 0.4) is 0 Å². The van der Waals surface area contributed by atoms with Gasteiger partial charge in [-0.1, -0.05) is 12.1 Å². The number of carbonyl (C=O) groups is 1. The molecule has 0 aromatic carbocycles. The van der Waals surface area contributed by atoms with E-state index >= 15 is 0 Å². The van der Waals surface area contributed by atoms with Crippen LogP contribution in [0.5, 0.6) is 0 Å². The van der Waals surface area contributed by atoms with E-state index in [0.29, 0.717) is 5.69 Å². The lowest BCUT2D eigenvalue weighted by Crippen LogP contribution is -2.48. The van der Waals surface area contributed by atoms with E-state index in [2.05, 4.69) is 10.3 Å². The molecule has 0 N–H and O–H groups in total. The minimum Gasteiger partial charge on any atom is -0.297 e. The molecule has 0 saturated carbocycles.